The molecule has 1 aromatic rings. The number of rotatable bonds is 5. The molecule has 0 spiro atoms. The molecule has 2 rings (SSSR count). The van der Waals surface area contributed by atoms with Crippen molar-refractivity contribution in [3.05, 3.63) is 11.2 Å². The second kappa shape index (κ2) is 6.30. The zero-order valence-corrected chi connectivity index (χ0v) is 13.1. The molecule has 1 aliphatic heterocycles. The highest BCUT2D eigenvalue weighted by Crippen LogP contribution is 2.24. The zero-order valence-electron chi connectivity index (χ0n) is 11.4. The SMILES string of the molecule is CCN(CC1CCCNC1)S(=O)(=O)c1cnc(C)s1. The van der Waals surface area contributed by atoms with Crippen LogP contribution in [0.5, 0.6) is 0 Å². The van der Waals surface area contributed by atoms with E-state index < -0.39 is 10.0 Å². The van der Waals surface area contributed by atoms with Gasteiger partial charge in [-0.3, -0.25) is 0 Å². The predicted molar refractivity (Wildman–Crippen MR) is 76.9 cm³/mol. The van der Waals surface area contributed by atoms with Crippen LogP contribution in [0.15, 0.2) is 10.4 Å². The lowest BCUT2D eigenvalue weighted by Gasteiger charge is -2.28. The van der Waals surface area contributed by atoms with Crippen LogP contribution in [-0.4, -0.2) is 43.9 Å². The van der Waals surface area contributed by atoms with Gasteiger partial charge >= 0.3 is 0 Å². The van der Waals surface area contributed by atoms with E-state index in [2.05, 4.69) is 10.3 Å². The van der Waals surface area contributed by atoms with Gasteiger partial charge in [-0.15, -0.1) is 11.3 Å². The number of aromatic nitrogens is 1. The summed E-state index contributed by atoms with van der Waals surface area (Å²) in [6, 6.07) is 0. The maximum atomic E-state index is 12.5. The minimum Gasteiger partial charge on any atom is -0.316 e. The third-order valence-electron chi connectivity index (χ3n) is 3.41. The third-order valence-corrected chi connectivity index (χ3v) is 6.70. The Labute approximate surface area is 119 Å². The summed E-state index contributed by atoms with van der Waals surface area (Å²) in [5, 5.41) is 4.11. The average molecular weight is 303 g/mol. The van der Waals surface area contributed by atoms with Gasteiger partial charge in [-0.2, -0.15) is 4.31 Å². The van der Waals surface area contributed by atoms with Crippen molar-refractivity contribution in [1.82, 2.24) is 14.6 Å². The Morgan fingerprint density at radius 1 is 1.58 bits per heavy atom. The molecule has 0 aliphatic carbocycles. The van der Waals surface area contributed by atoms with Crippen molar-refractivity contribution in [2.75, 3.05) is 26.2 Å². The third kappa shape index (κ3) is 3.53. The number of nitrogens with zero attached hydrogens (tertiary/aromatic N) is 2. The summed E-state index contributed by atoms with van der Waals surface area (Å²) in [5.41, 5.74) is 0. The first-order chi connectivity index (χ1) is 9.04. The Hall–Kier alpha value is -0.500. The van der Waals surface area contributed by atoms with Gasteiger partial charge in [0, 0.05) is 13.1 Å². The summed E-state index contributed by atoms with van der Waals surface area (Å²) in [4.78, 5) is 4.05. The van der Waals surface area contributed by atoms with E-state index in [1.807, 2.05) is 13.8 Å². The van der Waals surface area contributed by atoms with Crippen LogP contribution in [-0.2, 0) is 10.0 Å². The molecule has 5 nitrogen and oxygen atoms in total. The number of sulfonamides is 1. The molecule has 1 aromatic heterocycles. The highest BCUT2D eigenvalue weighted by atomic mass is 32.2. The summed E-state index contributed by atoms with van der Waals surface area (Å²) in [5.74, 6) is 0.414. The number of thiazole rings is 1. The molecule has 1 unspecified atom stereocenters. The van der Waals surface area contributed by atoms with Crippen molar-refractivity contribution < 1.29 is 8.42 Å². The van der Waals surface area contributed by atoms with Crippen LogP contribution in [0.1, 0.15) is 24.8 Å². The Balaban J connectivity index is 2.11. The number of piperidine rings is 1. The number of nitrogens with one attached hydrogen (secondary N) is 1. The molecule has 0 aromatic carbocycles. The van der Waals surface area contributed by atoms with Gasteiger partial charge in [0.05, 0.1) is 11.2 Å². The highest BCUT2D eigenvalue weighted by molar-refractivity contribution is 7.91. The maximum Gasteiger partial charge on any atom is 0.254 e. The molecular weight excluding hydrogens is 282 g/mol. The highest BCUT2D eigenvalue weighted by Gasteiger charge is 2.28. The molecule has 1 fully saturated rings. The quantitative estimate of drug-likeness (QED) is 0.894. The number of hydrogen-bond acceptors (Lipinski definition) is 5. The molecule has 1 saturated heterocycles. The Morgan fingerprint density at radius 3 is 2.89 bits per heavy atom. The second-order valence-electron chi connectivity index (χ2n) is 4.87. The van der Waals surface area contributed by atoms with E-state index in [1.165, 1.54) is 17.5 Å². The van der Waals surface area contributed by atoms with Gasteiger partial charge in [0.25, 0.3) is 10.0 Å². The summed E-state index contributed by atoms with van der Waals surface area (Å²) in [6.45, 7) is 6.78. The fourth-order valence-electron chi connectivity index (χ4n) is 2.35. The lowest BCUT2D eigenvalue weighted by atomic mass is 10.00. The van der Waals surface area contributed by atoms with Crippen molar-refractivity contribution >= 4 is 21.4 Å². The second-order valence-corrected chi connectivity index (χ2v) is 8.27. The summed E-state index contributed by atoms with van der Waals surface area (Å²) in [6.07, 6.45) is 3.69. The van der Waals surface area contributed by atoms with E-state index in [-0.39, 0.29) is 0 Å². The first-order valence-corrected chi connectivity index (χ1v) is 8.93. The first-order valence-electron chi connectivity index (χ1n) is 6.67. The lowest BCUT2D eigenvalue weighted by Crippen LogP contribution is -2.40. The van der Waals surface area contributed by atoms with Crippen molar-refractivity contribution in [2.24, 2.45) is 5.92 Å². The van der Waals surface area contributed by atoms with Crippen LogP contribution >= 0.6 is 11.3 Å². The number of hydrogen-bond donors (Lipinski definition) is 1. The Kier molecular flexibility index (Phi) is 4.94. The van der Waals surface area contributed by atoms with Crippen LogP contribution in [0.25, 0.3) is 0 Å². The Bertz CT molecular complexity index is 507. The average Bonchev–Trinajstić information content (AvgIpc) is 2.84. The minimum absolute atomic E-state index is 0.357. The van der Waals surface area contributed by atoms with Crippen molar-refractivity contribution in [1.29, 1.82) is 0 Å². The number of aryl methyl sites for hydroxylation is 1. The fourth-order valence-corrected chi connectivity index (χ4v) is 5.14. The van der Waals surface area contributed by atoms with Gasteiger partial charge in [0.1, 0.15) is 0 Å². The standard InChI is InChI=1S/C12H21N3O2S2/c1-3-15(9-11-5-4-6-13-7-11)19(16,17)12-8-14-10(2)18-12/h8,11,13H,3-7,9H2,1-2H3. The zero-order chi connectivity index (χ0) is 13.9. The molecule has 108 valence electrons. The molecular formula is C12H21N3O2S2. The summed E-state index contributed by atoms with van der Waals surface area (Å²) in [7, 11) is -3.37. The van der Waals surface area contributed by atoms with Gasteiger partial charge in [-0.05, 0) is 38.8 Å². The molecule has 1 aliphatic rings. The molecule has 0 saturated carbocycles. The van der Waals surface area contributed by atoms with Gasteiger partial charge in [0.15, 0.2) is 4.21 Å². The van der Waals surface area contributed by atoms with Crippen molar-refractivity contribution in [3.63, 3.8) is 0 Å². The lowest BCUT2D eigenvalue weighted by molar-refractivity contribution is 0.298. The Morgan fingerprint density at radius 2 is 2.37 bits per heavy atom. The minimum atomic E-state index is -3.37. The molecule has 1 atom stereocenters. The predicted octanol–water partition coefficient (Wildman–Crippen LogP) is 1.46. The summed E-state index contributed by atoms with van der Waals surface area (Å²) < 4.78 is 27.0. The molecule has 0 radical (unpaired) electrons. The topological polar surface area (TPSA) is 62.3 Å². The van der Waals surface area contributed by atoms with Crippen LogP contribution in [0, 0.1) is 12.8 Å². The molecule has 0 amide bonds. The summed E-state index contributed by atoms with van der Waals surface area (Å²) >= 11 is 1.24. The molecule has 19 heavy (non-hydrogen) atoms. The van der Waals surface area contributed by atoms with E-state index in [1.54, 1.807) is 4.31 Å². The smallest absolute Gasteiger partial charge is 0.254 e. The van der Waals surface area contributed by atoms with Gasteiger partial charge < -0.3 is 5.32 Å². The van der Waals surface area contributed by atoms with E-state index in [4.69, 9.17) is 0 Å². The van der Waals surface area contributed by atoms with E-state index in [0.29, 0.717) is 23.2 Å². The van der Waals surface area contributed by atoms with E-state index in [9.17, 15) is 8.42 Å². The van der Waals surface area contributed by atoms with E-state index in [0.717, 1.165) is 30.9 Å². The van der Waals surface area contributed by atoms with Crippen LogP contribution in [0.4, 0.5) is 0 Å². The monoisotopic (exact) mass is 303 g/mol. The fraction of sp³-hybridized carbons (Fsp3) is 0.750. The van der Waals surface area contributed by atoms with Gasteiger partial charge in [0.2, 0.25) is 0 Å². The van der Waals surface area contributed by atoms with Crippen LogP contribution < -0.4 is 5.32 Å². The van der Waals surface area contributed by atoms with Gasteiger partial charge in [-0.25, -0.2) is 13.4 Å². The van der Waals surface area contributed by atoms with Crippen LogP contribution in [0.2, 0.25) is 0 Å². The van der Waals surface area contributed by atoms with Gasteiger partial charge in [-0.1, -0.05) is 6.92 Å². The van der Waals surface area contributed by atoms with Crippen molar-refractivity contribution in [2.45, 2.75) is 30.9 Å². The maximum absolute atomic E-state index is 12.5. The normalized spacial score (nSPS) is 20.9. The van der Waals surface area contributed by atoms with E-state index >= 15 is 0 Å². The first kappa shape index (κ1) is 14.9. The van der Waals surface area contributed by atoms with Crippen molar-refractivity contribution in [3.8, 4) is 0 Å². The van der Waals surface area contributed by atoms with Crippen LogP contribution in [0.3, 0.4) is 0 Å². The largest absolute Gasteiger partial charge is 0.316 e. The molecule has 0 bridgehead atoms. The molecule has 1 N–H and O–H groups in total. The molecule has 7 heteroatoms. The molecule has 2 heterocycles.